The molecule has 2 aromatic carbocycles. The Morgan fingerprint density at radius 2 is 1.93 bits per heavy atom. The Hall–Kier alpha value is -2.65. The van der Waals surface area contributed by atoms with E-state index in [1.807, 2.05) is 18.3 Å². The van der Waals surface area contributed by atoms with E-state index in [0.29, 0.717) is 30.4 Å². The van der Waals surface area contributed by atoms with E-state index in [2.05, 4.69) is 14.3 Å². The predicted octanol–water partition coefficient (Wildman–Crippen LogP) is 3.23. The van der Waals surface area contributed by atoms with Gasteiger partial charge in [-0.25, -0.2) is 13.4 Å². The quantitative estimate of drug-likeness (QED) is 0.705. The zero-order valence-electron chi connectivity index (χ0n) is 14.8. The third-order valence-corrected chi connectivity index (χ3v) is 6.89. The molecule has 0 bridgehead atoms. The Labute approximate surface area is 166 Å². The van der Waals surface area contributed by atoms with Crippen LogP contribution in [0.4, 0.5) is 5.69 Å². The molecule has 3 heterocycles. The molecular weight excluding hydrogens is 398 g/mol. The van der Waals surface area contributed by atoms with Gasteiger partial charge in [0, 0.05) is 35.8 Å². The number of sulfonamides is 1. The number of fused-ring (bicyclic) bond motifs is 2. The van der Waals surface area contributed by atoms with Crippen LogP contribution in [0.3, 0.4) is 0 Å². The molecular formula is C19H17N3O4S2. The predicted molar refractivity (Wildman–Crippen MR) is 107 cm³/mol. The zero-order chi connectivity index (χ0) is 19.1. The average molecular weight is 415 g/mol. The van der Waals surface area contributed by atoms with Gasteiger partial charge >= 0.3 is 0 Å². The van der Waals surface area contributed by atoms with Crippen LogP contribution in [0.15, 0.2) is 58.7 Å². The van der Waals surface area contributed by atoms with E-state index >= 15 is 0 Å². The van der Waals surface area contributed by atoms with Gasteiger partial charge in [0.1, 0.15) is 13.2 Å². The van der Waals surface area contributed by atoms with Crippen LogP contribution < -0.4 is 14.2 Å². The van der Waals surface area contributed by atoms with Crippen molar-refractivity contribution >= 4 is 27.5 Å². The number of aromatic nitrogens is 2. The first-order chi connectivity index (χ1) is 13.6. The number of aryl methyl sites for hydroxylation is 1. The van der Waals surface area contributed by atoms with Gasteiger partial charge in [-0.1, -0.05) is 23.9 Å². The van der Waals surface area contributed by atoms with Crippen molar-refractivity contribution in [2.24, 2.45) is 0 Å². The molecule has 1 N–H and O–H groups in total. The van der Waals surface area contributed by atoms with Gasteiger partial charge in [0.05, 0.1) is 10.6 Å². The lowest BCUT2D eigenvalue weighted by Crippen LogP contribution is -2.17. The summed E-state index contributed by atoms with van der Waals surface area (Å²) < 4.78 is 41.3. The van der Waals surface area contributed by atoms with Crippen molar-refractivity contribution in [1.82, 2.24) is 9.55 Å². The molecule has 3 aromatic rings. The number of imidazole rings is 1. The van der Waals surface area contributed by atoms with Crippen LogP contribution in [0.25, 0.3) is 11.3 Å². The van der Waals surface area contributed by atoms with Crippen LogP contribution in [0.2, 0.25) is 0 Å². The zero-order valence-corrected chi connectivity index (χ0v) is 16.4. The lowest BCUT2D eigenvalue weighted by atomic mass is 10.1. The van der Waals surface area contributed by atoms with E-state index in [1.165, 1.54) is 12.1 Å². The highest BCUT2D eigenvalue weighted by molar-refractivity contribution is 7.99. The summed E-state index contributed by atoms with van der Waals surface area (Å²) >= 11 is 1.72. The molecule has 0 unspecified atom stereocenters. The Bertz CT molecular complexity index is 1140. The van der Waals surface area contributed by atoms with E-state index in [4.69, 9.17) is 9.47 Å². The summed E-state index contributed by atoms with van der Waals surface area (Å²) in [4.78, 5) is 4.75. The van der Waals surface area contributed by atoms with Crippen LogP contribution in [0.5, 0.6) is 11.5 Å². The third-order valence-electron chi connectivity index (χ3n) is 4.54. The van der Waals surface area contributed by atoms with Gasteiger partial charge in [0.2, 0.25) is 0 Å². The summed E-state index contributed by atoms with van der Waals surface area (Å²) in [6.45, 7) is 1.81. The molecule has 7 nitrogen and oxygen atoms in total. The van der Waals surface area contributed by atoms with Crippen LogP contribution in [0, 0.1) is 0 Å². The fourth-order valence-electron chi connectivity index (χ4n) is 3.20. The van der Waals surface area contributed by atoms with Crippen molar-refractivity contribution in [3.63, 3.8) is 0 Å². The highest BCUT2D eigenvalue weighted by Gasteiger charge is 2.20. The first-order valence-corrected chi connectivity index (χ1v) is 11.3. The van der Waals surface area contributed by atoms with E-state index in [1.54, 1.807) is 30.0 Å². The summed E-state index contributed by atoms with van der Waals surface area (Å²) in [6, 6.07) is 11.9. The molecule has 0 amide bonds. The molecule has 0 saturated carbocycles. The lowest BCUT2D eigenvalue weighted by molar-refractivity contribution is 0.171. The van der Waals surface area contributed by atoms with Crippen molar-refractivity contribution in [3.05, 3.63) is 48.7 Å². The highest BCUT2D eigenvalue weighted by Crippen LogP contribution is 2.33. The minimum Gasteiger partial charge on any atom is -0.486 e. The van der Waals surface area contributed by atoms with E-state index in [9.17, 15) is 8.42 Å². The monoisotopic (exact) mass is 415 g/mol. The van der Waals surface area contributed by atoms with Gasteiger partial charge < -0.3 is 14.0 Å². The van der Waals surface area contributed by atoms with Gasteiger partial charge in [0.25, 0.3) is 10.0 Å². The van der Waals surface area contributed by atoms with Crippen molar-refractivity contribution in [2.75, 3.05) is 23.7 Å². The van der Waals surface area contributed by atoms with Crippen molar-refractivity contribution in [1.29, 1.82) is 0 Å². The van der Waals surface area contributed by atoms with Crippen LogP contribution in [0.1, 0.15) is 0 Å². The number of ether oxygens (including phenoxy) is 2. The number of nitrogens with zero attached hydrogens (tertiary/aromatic N) is 2. The number of thioether (sulfide) groups is 1. The average Bonchev–Trinajstić information content (AvgIpc) is 3.30. The van der Waals surface area contributed by atoms with Gasteiger partial charge in [-0.3, -0.25) is 4.72 Å². The SMILES string of the molecule is O=S(=O)(Nc1cccc(-c2cn3c(n2)SCC3)c1)c1ccc2c(c1)OCCO2. The van der Waals surface area contributed by atoms with Gasteiger partial charge in [-0.15, -0.1) is 0 Å². The number of hydrogen-bond donors (Lipinski definition) is 1. The minimum atomic E-state index is -3.76. The summed E-state index contributed by atoms with van der Waals surface area (Å²) in [6.07, 6.45) is 2.00. The maximum absolute atomic E-state index is 12.8. The largest absolute Gasteiger partial charge is 0.486 e. The Kier molecular flexibility index (Phi) is 4.21. The maximum Gasteiger partial charge on any atom is 0.262 e. The minimum absolute atomic E-state index is 0.125. The van der Waals surface area contributed by atoms with Gasteiger partial charge in [0.15, 0.2) is 16.7 Å². The summed E-state index contributed by atoms with van der Waals surface area (Å²) in [5.41, 5.74) is 2.18. The first kappa shape index (κ1) is 17.4. The van der Waals surface area contributed by atoms with Gasteiger partial charge in [-0.05, 0) is 24.3 Å². The second-order valence-corrected chi connectivity index (χ2v) is 9.19. The van der Waals surface area contributed by atoms with E-state index in [0.717, 1.165) is 28.7 Å². The van der Waals surface area contributed by atoms with Crippen LogP contribution >= 0.6 is 11.8 Å². The molecule has 0 spiro atoms. The third kappa shape index (κ3) is 3.20. The first-order valence-electron chi connectivity index (χ1n) is 8.81. The fraction of sp³-hybridized carbons (Fsp3) is 0.211. The van der Waals surface area contributed by atoms with Crippen molar-refractivity contribution in [3.8, 4) is 22.8 Å². The van der Waals surface area contributed by atoms with Gasteiger partial charge in [-0.2, -0.15) is 0 Å². The smallest absolute Gasteiger partial charge is 0.262 e. The fourth-order valence-corrected chi connectivity index (χ4v) is 5.20. The van der Waals surface area contributed by atoms with E-state index in [-0.39, 0.29) is 4.90 Å². The van der Waals surface area contributed by atoms with Crippen LogP contribution in [-0.4, -0.2) is 36.9 Å². The molecule has 0 radical (unpaired) electrons. The molecule has 5 rings (SSSR count). The molecule has 9 heteroatoms. The molecule has 2 aliphatic rings. The molecule has 0 saturated heterocycles. The Morgan fingerprint density at radius 1 is 1.07 bits per heavy atom. The molecule has 144 valence electrons. The number of nitrogens with one attached hydrogen (secondary N) is 1. The number of anilines is 1. The van der Waals surface area contributed by atoms with Crippen LogP contribution in [-0.2, 0) is 16.6 Å². The Morgan fingerprint density at radius 3 is 2.79 bits per heavy atom. The maximum atomic E-state index is 12.8. The molecule has 2 aliphatic heterocycles. The molecule has 1 aromatic heterocycles. The Balaban J connectivity index is 1.42. The topological polar surface area (TPSA) is 82.5 Å². The highest BCUT2D eigenvalue weighted by atomic mass is 32.2. The standard InChI is InChI=1S/C19H17N3O4S2/c23-28(24,15-4-5-17-18(11-15)26-8-7-25-17)21-14-3-1-2-13(10-14)16-12-22-6-9-27-19(22)20-16/h1-5,10-12,21H,6-9H2. The molecule has 28 heavy (non-hydrogen) atoms. The number of benzene rings is 2. The summed E-state index contributed by atoms with van der Waals surface area (Å²) in [5, 5.41) is 0.997. The molecule has 0 atom stereocenters. The summed E-state index contributed by atoms with van der Waals surface area (Å²) in [5.74, 6) is 2.03. The second-order valence-electron chi connectivity index (χ2n) is 6.44. The summed E-state index contributed by atoms with van der Waals surface area (Å²) in [7, 11) is -3.76. The van der Waals surface area contributed by atoms with E-state index < -0.39 is 10.0 Å². The van der Waals surface area contributed by atoms with Crippen molar-refractivity contribution in [2.45, 2.75) is 16.6 Å². The van der Waals surface area contributed by atoms with Crippen molar-refractivity contribution < 1.29 is 17.9 Å². The molecule has 0 aliphatic carbocycles. The normalized spacial score (nSPS) is 15.3. The lowest BCUT2D eigenvalue weighted by Gasteiger charge is -2.19. The number of rotatable bonds is 4. The second kappa shape index (κ2) is 6.75. The molecule has 0 fully saturated rings. The number of hydrogen-bond acceptors (Lipinski definition) is 6.